The van der Waals surface area contributed by atoms with Gasteiger partial charge in [-0.25, -0.2) is 18.7 Å². The van der Waals surface area contributed by atoms with Crippen LogP contribution < -0.4 is 4.90 Å². The van der Waals surface area contributed by atoms with E-state index in [2.05, 4.69) is 19.9 Å². The minimum Gasteiger partial charge on any atom is -0.347 e. The summed E-state index contributed by atoms with van der Waals surface area (Å²) in [5.74, 6) is -1.69. The Morgan fingerprint density at radius 1 is 1.25 bits per heavy atom. The molecule has 0 atom stereocenters. The Hall–Kier alpha value is -2.02. The first-order valence-corrected chi connectivity index (χ1v) is 7.04. The molecular formula is C13H10F2N4S. The van der Waals surface area contributed by atoms with Gasteiger partial charge in [0.1, 0.15) is 0 Å². The number of aromatic nitrogens is 3. The average molecular weight is 292 g/mol. The summed E-state index contributed by atoms with van der Waals surface area (Å²) in [6.45, 7) is 1.50. The van der Waals surface area contributed by atoms with Crippen molar-refractivity contribution in [3.05, 3.63) is 41.5 Å². The number of nitrogens with zero attached hydrogens (tertiary/aromatic N) is 3. The van der Waals surface area contributed by atoms with Gasteiger partial charge >= 0.3 is 0 Å². The summed E-state index contributed by atoms with van der Waals surface area (Å²) >= 11 is 1.38. The van der Waals surface area contributed by atoms with Crippen LogP contribution in [0, 0.1) is 11.6 Å². The van der Waals surface area contributed by atoms with Crippen LogP contribution in [-0.2, 0) is 13.0 Å². The van der Waals surface area contributed by atoms with E-state index < -0.39 is 11.6 Å². The highest BCUT2D eigenvalue weighted by molar-refractivity contribution is 7.22. The summed E-state index contributed by atoms with van der Waals surface area (Å²) in [7, 11) is 0. The fraction of sp³-hybridized carbons (Fsp3) is 0.231. The molecule has 4 nitrogen and oxygen atoms in total. The van der Waals surface area contributed by atoms with Crippen LogP contribution in [0.2, 0.25) is 0 Å². The molecule has 0 saturated heterocycles. The third kappa shape index (κ3) is 1.77. The van der Waals surface area contributed by atoms with Gasteiger partial charge in [-0.15, -0.1) is 0 Å². The molecule has 4 rings (SSSR count). The zero-order valence-corrected chi connectivity index (χ0v) is 11.2. The molecule has 0 spiro atoms. The van der Waals surface area contributed by atoms with E-state index in [1.165, 1.54) is 17.4 Å². The molecule has 1 aliphatic heterocycles. The average Bonchev–Trinajstić information content (AvgIpc) is 3.04. The highest BCUT2D eigenvalue weighted by Gasteiger charge is 2.21. The Kier molecular flexibility index (Phi) is 2.50. The summed E-state index contributed by atoms with van der Waals surface area (Å²) in [5, 5.41) is 0.783. The third-order valence-electron chi connectivity index (χ3n) is 3.46. The summed E-state index contributed by atoms with van der Waals surface area (Å²) in [4.78, 5) is 13.9. The summed E-state index contributed by atoms with van der Waals surface area (Å²) < 4.78 is 27.1. The Morgan fingerprint density at radius 3 is 3.00 bits per heavy atom. The number of imidazole rings is 1. The topological polar surface area (TPSA) is 44.8 Å². The van der Waals surface area contributed by atoms with Gasteiger partial charge in [0.25, 0.3) is 0 Å². The van der Waals surface area contributed by atoms with Gasteiger partial charge in [-0.1, -0.05) is 11.3 Å². The molecule has 3 heterocycles. The molecule has 0 fully saturated rings. The van der Waals surface area contributed by atoms with Gasteiger partial charge in [-0.3, -0.25) is 0 Å². The first-order valence-electron chi connectivity index (χ1n) is 6.22. The molecular weight excluding hydrogens is 282 g/mol. The van der Waals surface area contributed by atoms with Crippen molar-refractivity contribution in [3.63, 3.8) is 0 Å². The molecule has 0 saturated carbocycles. The van der Waals surface area contributed by atoms with Gasteiger partial charge in [0.15, 0.2) is 16.8 Å². The Labute approximate surface area is 117 Å². The molecule has 2 aromatic heterocycles. The first-order chi connectivity index (χ1) is 9.70. The molecule has 0 amide bonds. The van der Waals surface area contributed by atoms with Gasteiger partial charge in [-0.2, -0.15) is 0 Å². The molecule has 0 bridgehead atoms. The predicted octanol–water partition coefficient (Wildman–Crippen LogP) is 2.86. The number of rotatable bonds is 1. The van der Waals surface area contributed by atoms with E-state index in [9.17, 15) is 8.78 Å². The number of anilines is 1. The standard InChI is InChI=1S/C13H10F2N4S/c14-7-3-10-12(4-8(7)15)20-13(18-10)19-2-1-9-11(5-19)17-6-16-9/h3-4,6H,1-2,5H2,(H,16,17). The zero-order chi connectivity index (χ0) is 13.7. The lowest BCUT2D eigenvalue weighted by atomic mass is 10.1. The normalized spacial score (nSPS) is 14.8. The lowest BCUT2D eigenvalue weighted by Gasteiger charge is -2.25. The van der Waals surface area contributed by atoms with Crippen LogP contribution in [0.4, 0.5) is 13.9 Å². The van der Waals surface area contributed by atoms with Gasteiger partial charge in [0.05, 0.1) is 34.5 Å². The molecule has 0 radical (unpaired) electrons. The van der Waals surface area contributed by atoms with E-state index in [-0.39, 0.29) is 0 Å². The minimum atomic E-state index is -0.858. The maximum atomic E-state index is 13.2. The Morgan fingerprint density at radius 2 is 2.10 bits per heavy atom. The van der Waals surface area contributed by atoms with Gasteiger partial charge in [0, 0.05) is 19.0 Å². The fourth-order valence-electron chi connectivity index (χ4n) is 2.42. The lowest BCUT2D eigenvalue weighted by Crippen LogP contribution is -2.30. The van der Waals surface area contributed by atoms with Crippen molar-refractivity contribution in [2.45, 2.75) is 13.0 Å². The summed E-state index contributed by atoms with van der Waals surface area (Å²) in [5.41, 5.74) is 2.66. The Balaban J connectivity index is 1.73. The summed E-state index contributed by atoms with van der Waals surface area (Å²) in [6, 6.07) is 2.35. The Bertz CT molecular complexity index is 756. The van der Waals surface area contributed by atoms with E-state index in [1.54, 1.807) is 6.33 Å². The number of benzene rings is 1. The molecule has 1 aliphatic rings. The monoisotopic (exact) mass is 292 g/mol. The van der Waals surface area contributed by atoms with Gasteiger partial charge in [0.2, 0.25) is 0 Å². The maximum Gasteiger partial charge on any atom is 0.186 e. The smallest absolute Gasteiger partial charge is 0.186 e. The first kappa shape index (κ1) is 11.8. The molecule has 0 unspecified atom stereocenters. The van der Waals surface area contributed by atoms with Crippen molar-refractivity contribution in [1.82, 2.24) is 15.0 Å². The molecule has 20 heavy (non-hydrogen) atoms. The molecule has 1 N–H and O–H groups in total. The minimum absolute atomic E-state index is 0.499. The predicted molar refractivity (Wildman–Crippen MR) is 72.9 cm³/mol. The van der Waals surface area contributed by atoms with Crippen molar-refractivity contribution >= 4 is 26.7 Å². The number of aromatic amines is 1. The van der Waals surface area contributed by atoms with Crippen LogP contribution in [-0.4, -0.2) is 21.5 Å². The number of fused-ring (bicyclic) bond motifs is 2. The second kappa shape index (κ2) is 4.24. The van der Waals surface area contributed by atoms with E-state index in [0.717, 1.165) is 35.6 Å². The molecule has 0 aliphatic carbocycles. The van der Waals surface area contributed by atoms with Gasteiger partial charge < -0.3 is 9.88 Å². The van der Waals surface area contributed by atoms with E-state index in [1.807, 2.05) is 0 Å². The number of H-pyrrole nitrogens is 1. The number of hydrogen-bond donors (Lipinski definition) is 1. The van der Waals surface area contributed by atoms with E-state index in [0.29, 0.717) is 16.8 Å². The van der Waals surface area contributed by atoms with Crippen molar-refractivity contribution in [1.29, 1.82) is 0 Å². The second-order valence-electron chi connectivity index (χ2n) is 4.73. The molecule has 1 aromatic carbocycles. The van der Waals surface area contributed by atoms with Crippen LogP contribution in [0.3, 0.4) is 0 Å². The van der Waals surface area contributed by atoms with Crippen molar-refractivity contribution in [2.75, 3.05) is 11.4 Å². The van der Waals surface area contributed by atoms with E-state index in [4.69, 9.17) is 0 Å². The van der Waals surface area contributed by atoms with E-state index >= 15 is 0 Å². The second-order valence-corrected chi connectivity index (χ2v) is 5.74. The summed E-state index contributed by atoms with van der Waals surface area (Å²) in [6.07, 6.45) is 2.54. The van der Waals surface area contributed by atoms with Crippen molar-refractivity contribution in [3.8, 4) is 0 Å². The highest BCUT2D eigenvalue weighted by atomic mass is 32.1. The SMILES string of the molecule is Fc1cc2nc(N3CCc4nc[nH]c4C3)sc2cc1F. The largest absolute Gasteiger partial charge is 0.347 e. The molecule has 102 valence electrons. The van der Waals surface area contributed by atoms with Crippen LogP contribution >= 0.6 is 11.3 Å². The number of thiazole rings is 1. The van der Waals surface area contributed by atoms with Crippen LogP contribution in [0.15, 0.2) is 18.5 Å². The molecule has 7 heteroatoms. The van der Waals surface area contributed by atoms with Crippen LogP contribution in [0.5, 0.6) is 0 Å². The quantitative estimate of drug-likeness (QED) is 0.750. The third-order valence-corrected chi connectivity index (χ3v) is 4.54. The number of halogens is 2. The van der Waals surface area contributed by atoms with Crippen LogP contribution in [0.1, 0.15) is 11.4 Å². The molecule has 3 aromatic rings. The zero-order valence-electron chi connectivity index (χ0n) is 10.4. The number of nitrogens with one attached hydrogen (secondary N) is 1. The van der Waals surface area contributed by atoms with Gasteiger partial charge in [-0.05, 0) is 6.07 Å². The van der Waals surface area contributed by atoms with Crippen molar-refractivity contribution < 1.29 is 8.78 Å². The van der Waals surface area contributed by atoms with Crippen LogP contribution in [0.25, 0.3) is 10.2 Å². The lowest BCUT2D eigenvalue weighted by molar-refractivity contribution is 0.511. The maximum absolute atomic E-state index is 13.2. The van der Waals surface area contributed by atoms with Crippen molar-refractivity contribution in [2.24, 2.45) is 0 Å². The number of hydrogen-bond acceptors (Lipinski definition) is 4. The fourth-order valence-corrected chi connectivity index (χ4v) is 3.42. The highest BCUT2D eigenvalue weighted by Crippen LogP contribution is 2.32.